The molecule has 0 aliphatic heterocycles. The fourth-order valence-electron chi connectivity index (χ4n) is 3.38. The lowest BCUT2D eigenvalue weighted by atomic mass is 9.78. The minimum Gasteiger partial charge on any atom is -0.389 e. The number of rotatable bonds is 13. The van der Waals surface area contributed by atoms with Gasteiger partial charge < -0.3 is 5.32 Å². The van der Waals surface area contributed by atoms with Gasteiger partial charge in [-0.1, -0.05) is 66.4 Å². The summed E-state index contributed by atoms with van der Waals surface area (Å²) >= 11 is 4.97. The van der Waals surface area contributed by atoms with Crippen LogP contribution < -0.4 is 5.32 Å². The summed E-state index contributed by atoms with van der Waals surface area (Å²) in [6.07, 6.45) is 10.5. The van der Waals surface area contributed by atoms with Gasteiger partial charge >= 0.3 is 0 Å². The van der Waals surface area contributed by atoms with E-state index >= 15 is 0 Å². The van der Waals surface area contributed by atoms with Gasteiger partial charge in [-0.3, -0.25) is 0 Å². The standard InChI is InChI=1S/C19H39NS/c1-7-14-19(6,21)18(16(2)3)13-11-9-8-10-12-15-20-17(4)5/h16,18,20-21H,4,7-15H2,1-3,5-6H3. The maximum atomic E-state index is 4.97. The molecule has 0 amide bonds. The molecule has 2 atom stereocenters. The molecule has 126 valence electrons. The molecular formula is C19H39NS. The zero-order valence-corrected chi connectivity index (χ0v) is 16.1. The molecule has 0 fully saturated rings. The summed E-state index contributed by atoms with van der Waals surface area (Å²) in [5, 5.41) is 3.30. The molecule has 0 radical (unpaired) electrons. The van der Waals surface area contributed by atoms with Gasteiger partial charge in [-0.2, -0.15) is 12.6 Å². The van der Waals surface area contributed by atoms with Crippen LogP contribution in [0.3, 0.4) is 0 Å². The summed E-state index contributed by atoms with van der Waals surface area (Å²) in [5.41, 5.74) is 1.08. The first kappa shape index (κ1) is 20.9. The van der Waals surface area contributed by atoms with Gasteiger partial charge in [0, 0.05) is 17.0 Å². The van der Waals surface area contributed by atoms with Crippen molar-refractivity contribution >= 4 is 12.6 Å². The van der Waals surface area contributed by atoms with Crippen LogP contribution in [-0.2, 0) is 0 Å². The van der Waals surface area contributed by atoms with E-state index in [9.17, 15) is 0 Å². The molecule has 1 N–H and O–H groups in total. The lowest BCUT2D eigenvalue weighted by Gasteiger charge is -2.36. The normalized spacial score (nSPS) is 15.8. The Balaban J connectivity index is 3.83. The van der Waals surface area contributed by atoms with Crippen molar-refractivity contribution in [3.63, 3.8) is 0 Å². The first-order valence-electron chi connectivity index (χ1n) is 8.93. The second-order valence-corrected chi connectivity index (χ2v) is 8.24. The van der Waals surface area contributed by atoms with Crippen molar-refractivity contribution in [2.75, 3.05) is 6.54 Å². The highest BCUT2D eigenvalue weighted by Gasteiger charge is 2.31. The van der Waals surface area contributed by atoms with Gasteiger partial charge in [-0.05, 0) is 38.0 Å². The molecule has 2 unspecified atom stereocenters. The Labute approximate surface area is 139 Å². The van der Waals surface area contributed by atoms with Crippen LogP contribution in [-0.4, -0.2) is 11.3 Å². The average molecular weight is 314 g/mol. The Bertz CT molecular complexity index is 271. The molecule has 0 aliphatic carbocycles. The molecule has 0 aliphatic rings. The SMILES string of the molecule is C=C(C)NCCCCCCCC(C(C)C)C(C)(S)CCC. The van der Waals surface area contributed by atoms with E-state index in [1.165, 1.54) is 51.4 Å². The van der Waals surface area contributed by atoms with Gasteiger partial charge in [0.25, 0.3) is 0 Å². The van der Waals surface area contributed by atoms with Crippen LogP contribution >= 0.6 is 12.6 Å². The molecule has 0 aromatic carbocycles. The molecule has 0 spiro atoms. The van der Waals surface area contributed by atoms with E-state index in [1.54, 1.807) is 0 Å². The number of hydrogen-bond donors (Lipinski definition) is 2. The van der Waals surface area contributed by atoms with E-state index in [2.05, 4.69) is 39.6 Å². The van der Waals surface area contributed by atoms with E-state index < -0.39 is 0 Å². The maximum absolute atomic E-state index is 4.97. The number of thiol groups is 1. The van der Waals surface area contributed by atoms with Crippen molar-refractivity contribution in [3.05, 3.63) is 12.3 Å². The molecular weight excluding hydrogens is 274 g/mol. The summed E-state index contributed by atoms with van der Waals surface area (Å²) in [5.74, 6) is 1.48. The predicted octanol–water partition coefficient (Wildman–Crippen LogP) is 6.21. The quantitative estimate of drug-likeness (QED) is 0.304. The molecule has 0 aromatic heterocycles. The number of unbranched alkanes of at least 4 members (excludes halogenated alkanes) is 4. The van der Waals surface area contributed by atoms with Crippen molar-refractivity contribution in [1.82, 2.24) is 5.32 Å². The second-order valence-electron chi connectivity index (χ2n) is 7.22. The second kappa shape index (κ2) is 11.5. The minimum atomic E-state index is 0.203. The van der Waals surface area contributed by atoms with E-state index in [0.717, 1.165) is 24.1 Å². The third kappa shape index (κ3) is 10.3. The summed E-state index contributed by atoms with van der Waals surface area (Å²) in [6.45, 7) is 16.3. The zero-order valence-electron chi connectivity index (χ0n) is 15.2. The van der Waals surface area contributed by atoms with Crippen molar-refractivity contribution in [2.45, 2.75) is 90.7 Å². The Kier molecular flexibility index (Phi) is 11.4. The van der Waals surface area contributed by atoms with Crippen molar-refractivity contribution in [1.29, 1.82) is 0 Å². The summed E-state index contributed by atoms with van der Waals surface area (Å²) < 4.78 is 0.203. The zero-order chi connectivity index (χ0) is 16.3. The fraction of sp³-hybridized carbons (Fsp3) is 0.895. The van der Waals surface area contributed by atoms with Crippen LogP contribution in [0, 0.1) is 11.8 Å². The first-order chi connectivity index (χ1) is 9.81. The summed E-state index contributed by atoms with van der Waals surface area (Å²) in [6, 6.07) is 0. The summed E-state index contributed by atoms with van der Waals surface area (Å²) in [4.78, 5) is 0. The molecule has 21 heavy (non-hydrogen) atoms. The number of allylic oxidation sites excluding steroid dienone is 1. The highest BCUT2D eigenvalue weighted by molar-refractivity contribution is 7.81. The van der Waals surface area contributed by atoms with Crippen LogP contribution in [0.25, 0.3) is 0 Å². The molecule has 0 heterocycles. The molecule has 0 saturated carbocycles. The van der Waals surface area contributed by atoms with E-state index in [1.807, 2.05) is 6.92 Å². The molecule has 0 saturated heterocycles. The Morgan fingerprint density at radius 3 is 2.24 bits per heavy atom. The monoisotopic (exact) mass is 313 g/mol. The molecule has 0 rings (SSSR count). The fourth-order valence-corrected chi connectivity index (χ4v) is 4.03. The highest BCUT2D eigenvalue weighted by atomic mass is 32.1. The third-order valence-corrected chi connectivity index (χ3v) is 5.03. The largest absolute Gasteiger partial charge is 0.389 e. The predicted molar refractivity (Wildman–Crippen MR) is 101 cm³/mol. The Morgan fingerprint density at radius 1 is 1.14 bits per heavy atom. The number of hydrogen-bond acceptors (Lipinski definition) is 2. The maximum Gasteiger partial charge on any atom is 0.0143 e. The molecule has 1 nitrogen and oxygen atoms in total. The van der Waals surface area contributed by atoms with Crippen LogP contribution in [0.5, 0.6) is 0 Å². The van der Waals surface area contributed by atoms with Gasteiger partial charge in [0.05, 0.1) is 0 Å². The summed E-state index contributed by atoms with van der Waals surface area (Å²) in [7, 11) is 0. The average Bonchev–Trinajstić information content (AvgIpc) is 2.35. The highest BCUT2D eigenvalue weighted by Crippen LogP contribution is 2.38. The van der Waals surface area contributed by atoms with Crippen molar-refractivity contribution in [2.24, 2.45) is 11.8 Å². The van der Waals surface area contributed by atoms with Gasteiger partial charge in [-0.25, -0.2) is 0 Å². The molecule has 0 aromatic rings. The van der Waals surface area contributed by atoms with Crippen molar-refractivity contribution in [3.8, 4) is 0 Å². The lowest BCUT2D eigenvalue weighted by Crippen LogP contribution is -2.32. The first-order valence-corrected chi connectivity index (χ1v) is 9.37. The number of nitrogens with one attached hydrogen (secondary N) is 1. The Hall–Kier alpha value is -0.110. The van der Waals surface area contributed by atoms with Crippen molar-refractivity contribution < 1.29 is 0 Å². The van der Waals surface area contributed by atoms with E-state index in [4.69, 9.17) is 12.6 Å². The molecule has 0 bridgehead atoms. The van der Waals surface area contributed by atoms with Gasteiger partial charge in [0.2, 0.25) is 0 Å². The van der Waals surface area contributed by atoms with Gasteiger partial charge in [-0.15, -0.1) is 0 Å². The van der Waals surface area contributed by atoms with Crippen LogP contribution in [0.4, 0.5) is 0 Å². The smallest absolute Gasteiger partial charge is 0.0143 e. The molecule has 2 heteroatoms. The van der Waals surface area contributed by atoms with Crippen LogP contribution in [0.2, 0.25) is 0 Å². The van der Waals surface area contributed by atoms with Gasteiger partial charge in [0.1, 0.15) is 0 Å². The Morgan fingerprint density at radius 2 is 1.71 bits per heavy atom. The third-order valence-electron chi connectivity index (χ3n) is 4.48. The van der Waals surface area contributed by atoms with E-state index in [-0.39, 0.29) is 4.75 Å². The van der Waals surface area contributed by atoms with E-state index in [0.29, 0.717) is 0 Å². The topological polar surface area (TPSA) is 12.0 Å². The van der Waals surface area contributed by atoms with Crippen LogP contribution in [0.1, 0.15) is 86.0 Å². The minimum absolute atomic E-state index is 0.203. The van der Waals surface area contributed by atoms with Gasteiger partial charge in [0.15, 0.2) is 0 Å². The van der Waals surface area contributed by atoms with Crippen LogP contribution in [0.15, 0.2) is 12.3 Å². The lowest BCUT2D eigenvalue weighted by molar-refractivity contribution is 0.263.